The normalized spacial score (nSPS) is 12.0. The van der Waals surface area contributed by atoms with Gasteiger partial charge in [0.1, 0.15) is 0 Å². The lowest BCUT2D eigenvalue weighted by atomic mass is 9.92. The van der Waals surface area contributed by atoms with E-state index in [1.807, 2.05) is 79.1 Å². The van der Waals surface area contributed by atoms with E-state index in [1.54, 1.807) is 19.1 Å². The van der Waals surface area contributed by atoms with Crippen molar-refractivity contribution < 1.29 is 13.2 Å². The molecule has 0 aliphatic heterocycles. The van der Waals surface area contributed by atoms with Gasteiger partial charge >= 0.3 is 6.18 Å². The molecule has 0 fully saturated rings. The first kappa shape index (κ1) is 28.7. The van der Waals surface area contributed by atoms with Gasteiger partial charge in [-0.15, -0.1) is 0 Å². The summed E-state index contributed by atoms with van der Waals surface area (Å²) < 4.78 is 48.3. The zero-order valence-electron chi connectivity index (χ0n) is 25.9. The number of aromatic nitrogens is 2. The number of nitrogens with zero attached hydrogens (tertiary/aromatic N) is 3. The van der Waals surface area contributed by atoms with Gasteiger partial charge in [-0.25, -0.2) is 4.85 Å². The molecule has 0 radical (unpaired) electrons. The van der Waals surface area contributed by atoms with E-state index in [4.69, 9.17) is 6.57 Å². The maximum Gasteiger partial charge on any atom is 0.417 e. The minimum atomic E-state index is -4.60. The second-order valence-electron chi connectivity index (χ2n) is 12.2. The zero-order valence-corrected chi connectivity index (χ0v) is 25.9. The van der Waals surface area contributed by atoms with Crippen LogP contribution >= 0.6 is 0 Å². The van der Waals surface area contributed by atoms with Crippen LogP contribution in [0.1, 0.15) is 22.3 Å². The molecule has 0 spiro atoms. The van der Waals surface area contributed by atoms with E-state index in [0.717, 1.165) is 60.8 Å². The van der Waals surface area contributed by atoms with Crippen LogP contribution in [0, 0.1) is 27.3 Å². The largest absolute Gasteiger partial charge is 0.417 e. The second kappa shape index (κ2) is 10.4. The minimum absolute atomic E-state index is 0.0723. The number of rotatable bonds is 3. The quantitative estimate of drug-likeness (QED) is 0.175. The van der Waals surface area contributed by atoms with Crippen molar-refractivity contribution in [2.45, 2.75) is 26.9 Å². The predicted octanol–water partition coefficient (Wildman–Crippen LogP) is 12.0. The average molecular weight is 620 g/mol. The lowest BCUT2D eigenvalue weighted by Gasteiger charge is -2.23. The Bertz CT molecular complexity index is 2610. The fourth-order valence-electron chi connectivity index (χ4n) is 7.21. The van der Waals surface area contributed by atoms with Crippen molar-refractivity contribution in [3.05, 3.63) is 149 Å². The highest BCUT2D eigenvalue weighted by Crippen LogP contribution is 2.48. The van der Waals surface area contributed by atoms with Crippen LogP contribution in [0.3, 0.4) is 0 Å². The number of aryl methyl sites for hydroxylation is 3. The molecular weight excluding hydrogens is 591 g/mol. The van der Waals surface area contributed by atoms with E-state index in [0.29, 0.717) is 22.5 Å². The molecule has 8 aromatic rings. The lowest BCUT2D eigenvalue weighted by molar-refractivity contribution is -0.137. The fraction of sp³-hybridized carbons (Fsp3) is 0.0976. The molecule has 6 aromatic carbocycles. The Morgan fingerprint density at radius 3 is 1.72 bits per heavy atom. The summed E-state index contributed by atoms with van der Waals surface area (Å²) in [5.41, 5.74) is 7.04. The minimum Gasteiger partial charge on any atom is -0.319 e. The summed E-state index contributed by atoms with van der Waals surface area (Å²) in [5, 5.41) is 4.00. The van der Waals surface area contributed by atoms with Gasteiger partial charge in [-0.1, -0.05) is 78.9 Å². The molecule has 0 bridgehead atoms. The highest BCUT2D eigenvalue weighted by molar-refractivity contribution is 6.13. The van der Waals surface area contributed by atoms with Gasteiger partial charge in [-0.2, -0.15) is 13.2 Å². The third-order valence-corrected chi connectivity index (χ3v) is 9.21. The van der Waals surface area contributed by atoms with Gasteiger partial charge in [0.2, 0.25) is 5.69 Å². The van der Waals surface area contributed by atoms with Gasteiger partial charge in [0.15, 0.2) is 0 Å². The monoisotopic (exact) mass is 619 g/mol. The number of para-hydroxylation sites is 2. The first-order chi connectivity index (χ1) is 22.7. The van der Waals surface area contributed by atoms with E-state index in [2.05, 4.69) is 39.7 Å². The Kier molecular flexibility index (Phi) is 6.32. The molecule has 8 rings (SSSR count). The summed E-state index contributed by atoms with van der Waals surface area (Å²) in [6, 6.07) is 36.2. The lowest BCUT2D eigenvalue weighted by Crippen LogP contribution is -2.10. The van der Waals surface area contributed by atoms with Crippen molar-refractivity contribution in [2.24, 2.45) is 0 Å². The van der Waals surface area contributed by atoms with Crippen LogP contribution in [0.5, 0.6) is 0 Å². The Hall–Kier alpha value is -5.80. The topological polar surface area (TPSA) is 14.2 Å². The SMILES string of the molecule is [C-]#[N+]c1c(-n2c3ccccc3c3ccc(C)cc32)ccc(-c2c(C)cccc2C(F)(F)F)c1-n1c2ccccc2c2ccc(C)cc21. The van der Waals surface area contributed by atoms with Crippen LogP contribution in [0.4, 0.5) is 18.9 Å². The first-order valence-corrected chi connectivity index (χ1v) is 15.4. The highest BCUT2D eigenvalue weighted by atomic mass is 19.4. The number of hydrogen-bond acceptors (Lipinski definition) is 0. The molecule has 0 atom stereocenters. The van der Waals surface area contributed by atoms with E-state index in [-0.39, 0.29) is 11.3 Å². The average Bonchev–Trinajstić information content (AvgIpc) is 3.55. The Morgan fingerprint density at radius 2 is 1.13 bits per heavy atom. The standard InChI is InChI=1S/C41H28F3N3/c1-24-16-18-29-27-11-5-7-14-33(27)46(36(29)22-24)35-21-20-31(38-26(3)10-9-13-32(38)41(42,43)44)40(39(35)45-4)47-34-15-8-6-12-28(34)30-19-17-25(2)23-37(30)47/h5-23H,1-3H3. The maximum absolute atomic E-state index is 14.7. The van der Waals surface area contributed by atoms with Crippen molar-refractivity contribution in [3.8, 4) is 22.5 Å². The maximum atomic E-state index is 14.7. The van der Waals surface area contributed by atoms with Gasteiger partial charge in [0.25, 0.3) is 0 Å². The van der Waals surface area contributed by atoms with Crippen molar-refractivity contribution in [3.63, 3.8) is 0 Å². The molecule has 3 nitrogen and oxygen atoms in total. The molecule has 6 heteroatoms. The summed E-state index contributed by atoms with van der Waals surface area (Å²) in [6.07, 6.45) is -4.60. The summed E-state index contributed by atoms with van der Waals surface area (Å²) in [5.74, 6) is 0. The van der Waals surface area contributed by atoms with Crippen molar-refractivity contribution >= 4 is 49.3 Å². The summed E-state index contributed by atoms with van der Waals surface area (Å²) >= 11 is 0. The molecule has 2 aromatic heterocycles. The van der Waals surface area contributed by atoms with Crippen molar-refractivity contribution in [1.82, 2.24) is 9.13 Å². The van der Waals surface area contributed by atoms with Gasteiger partial charge < -0.3 is 9.13 Å². The van der Waals surface area contributed by atoms with Gasteiger partial charge in [-0.3, -0.25) is 0 Å². The Labute approximate surface area is 269 Å². The van der Waals surface area contributed by atoms with E-state index < -0.39 is 11.7 Å². The molecule has 0 unspecified atom stereocenters. The Balaban J connectivity index is 1.61. The molecule has 0 aliphatic carbocycles. The molecule has 47 heavy (non-hydrogen) atoms. The number of alkyl halides is 3. The fourth-order valence-corrected chi connectivity index (χ4v) is 7.21. The van der Waals surface area contributed by atoms with Gasteiger partial charge in [-0.05, 0) is 85.0 Å². The van der Waals surface area contributed by atoms with Crippen molar-refractivity contribution in [2.75, 3.05) is 0 Å². The number of hydrogen-bond donors (Lipinski definition) is 0. The molecule has 0 saturated heterocycles. The summed E-state index contributed by atoms with van der Waals surface area (Å²) in [7, 11) is 0. The molecule has 2 heterocycles. The molecule has 0 N–H and O–H groups in total. The molecule has 0 saturated carbocycles. The molecule has 228 valence electrons. The molecular formula is C41H28F3N3. The number of halogens is 3. The number of fused-ring (bicyclic) bond motifs is 6. The van der Waals surface area contributed by atoms with Crippen LogP contribution in [-0.2, 0) is 6.18 Å². The third kappa shape index (κ3) is 4.27. The van der Waals surface area contributed by atoms with E-state index in [9.17, 15) is 13.2 Å². The van der Waals surface area contributed by atoms with E-state index in [1.165, 1.54) is 6.07 Å². The summed E-state index contributed by atoms with van der Waals surface area (Å²) in [6.45, 7) is 14.4. The summed E-state index contributed by atoms with van der Waals surface area (Å²) in [4.78, 5) is 4.19. The van der Waals surface area contributed by atoms with Gasteiger partial charge in [0, 0.05) is 21.5 Å². The van der Waals surface area contributed by atoms with E-state index >= 15 is 0 Å². The number of benzene rings is 6. The van der Waals surface area contributed by atoms with Crippen LogP contribution in [-0.4, -0.2) is 9.13 Å². The third-order valence-electron chi connectivity index (χ3n) is 9.21. The highest BCUT2D eigenvalue weighted by Gasteiger charge is 2.36. The second-order valence-corrected chi connectivity index (χ2v) is 12.2. The molecule has 0 amide bonds. The first-order valence-electron chi connectivity index (χ1n) is 15.4. The van der Waals surface area contributed by atoms with Crippen LogP contribution < -0.4 is 0 Å². The smallest absolute Gasteiger partial charge is 0.319 e. The predicted molar refractivity (Wildman–Crippen MR) is 186 cm³/mol. The van der Waals surface area contributed by atoms with Gasteiger partial charge in [0.05, 0.1) is 45.6 Å². The Morgan fingerprint density at radius 1 is 0.574 bits per heavy atom. The van der Waals surface area contributed by atoms with Crippen LogP contribution in [0.25, 0.3) is 71.0 Å². The van der Waals surface area contributed by atoms with Crippen molar-refractivity contribution in [1.29, 1.82) is 0 Å². The zero-order chi connectivity index (χ0) is 32.6. The van der Waals surface area contributed by atoms with Crippen LogP contribution in [0.15, 0.2) is 115 Å². The van der Waals surface area contributed by atoms with Crippen LogP contribution in [0.2, 0.25) is 0 Å². The molecule has 0 aliphatic rings.